The molecule has 2 N–H and O–H groups in total. The van der Waals surface area contributed by atoms with Gasteiger partial charge in [0.25, 0.3) is 0 Å². The minimum Gasteiger partial charge on any atom is -0.444 e. The second-order valence-corrected chi connectivity index (χ2v) is 7.06. The quantitative estimate of drug-likeness (QED) is 0.883. The highest BCUT2D eigenvalue weighted by molar-refractivity contribution is 6.31. The van der Waals surface area contributed by atoms with Gasteiger partial charge in [0, 0.05) is 16.1 Å². The molecule has 0 saturated heterocycles. The first-order valence-electron chi connectivity index (χ1n) is 7.12. The normalized spacial score (nSPS) is 18.0. The molecular formula is C16H22ClNO3. The zero-order valence-electron chi connectivity index (χ0n) is 12.9. The van der Waals surface area contributed by atoms with Crippen molar-refractivity contribution in [3.05, 3.63) is 28.8 Å². The van der Waals surface area contributed by atoms with Crippen LogP contribution < -0.4 is 5.32 Å². The summed E-state index contributed by atoms with van der Waals surface area (Å²) >= 11 is 6.31. The van der Waals surface area contributed by atoms with Crippen LogP contribution in [0.2, 0.25) is 5.02 Å². The molecule has 1 atom stereocenters. The molecule has 0 aliphatic heterocycles. The summed E-state index contributed by atoms with van der Waals surface area (Å²) in [7, 11) is 0. The summed E-state index contributed by atoms with van der Waals surface area (Å²) in [4.78, 5) is 11.7. The molecule has 1 fully saturated rings. The molecule has 0 heterocycles. The molecule has 5 heteroatoms. The number of hydrogen-bond donors (Lipinski definition) is 2. The van der Waals surface area contributed by atoms with Gasteiger partial charge in [0.1, 0.15) is 5.60 Å². The molecule has 0 aromatic heterocycles. The van der Waals surface area contributed by atoms with Crippen LogP contribution in [0.3, 0.4) is 0 Å². The number of carbonyl (C=O) groups is 1. The minimum absolute atomic E-state index is 0.221. The summed E-state index contributed by atoms with van der Waals surface area (Å²) in [5, 5.41) is 13.1. The Kier molecular flexibility index (Phi) is 4.22. The van der Waals surface area contributed by atoms with Crippen LogP contribution in [-0.2, 0) is 10.2 Å². The highest BCUT2D eigenvalue weighted by Crippen LogP contribution is 2.53. The van der Waals surface area contributed by atoms with E-state index in [0.717, 1.165) is 18.4 Å². The first-order chi connectivity index (χ1) is 9.64. The van der Waals surface area contributed by atoms with Crippen molar-refractivity contribution < 1.29 is 14.6 Å². The van der Waals surface area contributed by atoms with Gasteiger partial charge in [-0.2, -0.15) is 0 Å². The molecule has 1 aliphatic rings. The number of carbonyl (C=O) groups excluding carboxylic acids is 1. The number of hydrogen-bond acceptors (Lipinski definition) is 3. The van der Waals surface area contributed by atoms with Gasteiger partial charge in [0.2, 0.25) is 0 Å². The van der Waals surface area contributed by atoms with Crippen LogP contribution in [0.5, 0.6) is 0 Å². The van der Waals surface area contributed by atoms with Crippen molar-refractivity contribution in [1.82, 2.24) is 0 Å². The molecule has 1 amide bonds. The van der Waals surface area contributed by atoms with E-state index in [1.54, 1.807) is 19.1 Å². The van der Waals surface area contributed by atoms with Gasteiger partial charge in [-0.15, -0.1) is 0 Å². The SMILES string of the molecule is CC(O)C1(c2ccc(NC(=O)OC(C)(C)C)cc2Cl)CC1. The fraction of sp³-hybridized carbons (Fsp3) is 0.562. The van der Waals surface area contributed by atoms with Crippen LogP contribution in [0.15, 0.2) is 18.2 Å². The predicted octanol–water partition coefficient (Wildman–Crippen LogP) is 4.10. The van der Waals surface area contributed by atoms with E-state index in [0.29, 0.717) is 10.7 Å². The average molecular weight is 312 g/mol. The number of nitrogens with one attached hydrogen (secondary N) is 1. The van der Waals surface area contributed by atoms with E-state index >= 15 is 0 Å². The third-order valence-corrected chi connectivity index (χ3v) is 4.05. The van der Waals surface area contributed by atoms with Gasteiger partial charge in [-0.3, -0.25) is 5.32 Å². The third kappa shape index (κ3) is 3.69. The van der Waals surface area contributed by atoms with E-state index < -0.39 is 17.8 Å². The monoisotopic (exact) mass is 311 g/mol. The Morgan fingerprint density at radius 2 is 2.05 bits per heavy atom. The lowest BCUT2D eigenvalue weighted by molar-refractivity contribution is 0.0636. The Morgan fingerprint density at radius 1 is 1.43 bits per heavy atom. The van der Waals surface area contributed by atoms with E-state index in [2.05, 4.69) is 5.32 Å². The van der Waals surface area contributed by atoms with E-state index in [-0.39, 0.29) is 5.41 Å². The summed E-state index contributed by atoms with van der Waals surface area (Å²) in [6, 6.07) is 5.35. The molecule has 1 aromatic carbocycles. The standard InChI is InChI=1S/C16H22ClNO3/c1-10(19)16(7-8-16)12-6-5-11(9-13(12)17)18-14(20)21-15(2,3)4/h5-6,9-10,19H,7-8H2,1-4H3,(H,18,20). The number of ether oxygens (including phenoxy) is 1. The summed E-state index contributed by atoms with van der Waals surface area (Å²) in [6.45, 7) is 7.21. The number of anilines is 1. The number of rotatable bonds is 3. The van der Waals surface area contributed by atoms with Crippen molar-refractivity contribution in [3.63, 3.8) is 0 Å². The highest BCUT2D eigenvalue weighted by atomic mass is 35.5. The number of amides is 1. The van der Waals surface area contributed by atoms with Crippen molar-refractivity contribution in [2.75, 3.05) is 5.32 Å². The fourth-order valence-corrected chi connectivity index (χ4v) is 2.83. The van der Waals surface area contributed by atoms with Crippen LogP contribution in [0.4, 0.5) is 10.5 Å². The molecule has 0 radical (unpaired) electrons. The Hall–Kier alpha value is -1.26. The Balaban J connectivity index is 2.12. The van der Waals surface area contributed by atoms with Gasteiger partial charge >= 0.3 is 6.09 Å². The molecule has 4 nitrogen and oxygen atoms in total. The Bertz CT molecular complexity index is 545. The lowest BCUT2D eigenvalue weighted by Crippen LogP contribution is -2.27. The predicted molar refractivity (Wildman–Crippen MR) is 83.9 cm³/mol. The second kappa shape index (κ2) is 5.50. The molecular weight excluding hydrogens is 290 g/mol. The van der Waals surface area contributed by atoms with Crippen LogP contribution >= 0.6 is 11.6 Å². The van der Waals surface area contributed by atoms with Crippen molar-refractivity contribution in [2.24, 2.45) is 0 Å². The molecule has 116 valence electrons. The van der Waals surface area contributed by atoms with Gasteiger partial charge in [-0.1, -0.05) is 17.7 Å². The fourth-order valence-electron chi connectivity index (χ4n) is 2.46. The van der Waals surface area contributed by atoms with Crippen LogP contribution in [0.25, 0.3) is 0 Å². The van der Waals surface area contributed by atoms with Crippen molar-refractivity contribution in [3.8, 4) is 0 Å². The van der Waals surface area contributed by atoms with E-state index in [1.165, 1.54) is 0 Å². The van der Waals surface area contributed by atoms with Crippen molar-refractivity contribution >= 4 is 23.4 Å². The third-order valence-electron chi connectivity index (χ3n) is 3.74. The molecule has 1 aromatic rings. The average Bonchev–Trinajstić information content (AvgIpc) is 3.07. The zero-order chi connectivity index (χ0) is 15.8. The van der Waals surface area contributed by atoms with Gasteiger partial charge in [0.15, 0.2) is 0 Å². The molecule has 0 bridgehead atoms. The molecule has 0 spiro atoms. The molecule has 1 unspecified atom stereocenters. The Labute approximate surface area is 130 Å². The van der Waals surface area contributed by atoms with Crippen molar-refractivity contribution in [1.29, 1.82) is 0 Å². The van der Waals surface area contributed by atoms with Gasteiger partial charge < -0.3 is 9.84 Å². The van der Waals surface area contributed by atoms with Crippen LogP contribution in [0.1, 0.15) is 46.1 Å². The molecule has 2 rings (SSSR count). The van der Waals surface area contributed by atoms with Crippen molar-refractivity contribution in [2.45, 2.75) is 57.7 Å². The van der Waals surface area contributed by atoms with E-state index in [1.807, 2.05) is 26.8 Å². The van der Waals surface area contributed by atoms with Crippen LogP contribution in [0, 0.1) is 0 Å². The number of halogens is 1. The summed E-state index contributed by atoms with van der Waals surface area (Å²) in [5.74, 6) is 0. The maximum absolute atomic E-state index is 11.7. The number of benzene rings is 1. The van der Waals surface area contributed by atoms with Gasteiger partial charge in [0.05, 0.1) is 6.10 Å². The lowest BCUT2D eigenvalue weighted by atomic mass is 9.90. The molecule has 1 saturated carbocycles. The topological polar surface area (TPSA) is 58.6 Å². The smallest absolute Gasteiger partial charge is 0.412 e. The maximum Gasteiger partial charge on any atom is 0.412 e. The van der Waals surface area contributed by atoms with E-state index in [4.69, 9.17) is 16.3 Å². The molecule has 21 heavy (non-hydrogen) atoms. The van der Waals surface area contributed by atoms with Gasteiger partial charge in [-0.05, 0) is 58.2 Å². The summed E-state index contributed by atoms with van der Waals surface area (Å²) < 4.78 is 5.20. The number of aliphatic hydroxyl groups is 1. The maximum atomic E-state index is 11.7. The highest BCUT2D eigenvalue weighted by Gasteiger charge is 2.49. The van der Waals surface area contributed by atoms with E-state index in [9.17, 15) is 9.90 Å². The largest absolute Gasteiger partial charge is 0.444 e. The zero-order valence-corrected chi connectivity index (χ0v) is 13.6. The van der Waals surface area contributed by atoms with Gasteiger partial charge in [-0.25, -0.2) is 4.79 Å². The Morgan fingerprint density at radius 3 is 2.48 bits per heavy atom. The lowest BCUT2D eigenvalue weighted by Gasteiger charge is -2.22. The second-order valence-electron chi connectivity index (χ2n) is 6.65. The first-order valence-corrected chi connectivity index (χ1v) is 7.50. The summed E-state index contributed by atoms with van der Waals surface area (Å²) in [6.07, 6.45) is 0.926. The number of aliphatic hydroxyl groups excluding tert-OH is 1. The first kappa shape index (κ1) is 16.1. The summed E-state index contributed by atoms with van der Waals surface area (Å²) in [5.41, 5.74) is 0.757. The van der Waals surface area contributed by atoms with Crippen LogP contribution in [-0.4, -0.2) is 22.9 Å². The minimum atomic E-state index is -0.543. The molecule has 1 aliphatic carbocycles.